The molecule has 2 aromatic rings. The molecule has 0 aliphatic carbocycles. The molecule has 0 saturated carbocycles. The van der Waals surface area contributed by atoms with E-state index in [0.29, 0.717) is 12.2 Å². The second kappa shape index (κ2) is 6.52. The summed E-state index contributed by atoms with van der Waals surface area (Å²) in [7, 11) is 1.59. The van der Waals surface area contributed by atoms with Crippen LogP contribution in [0.4, 0.5) is 0 Å². The summed E-state index contributed by atoms with van der Waals surface area (Å²) in [4.78, 5) is 22.1. The summed E-state index contributed by atoms with van der Waals surface area (Å²) < 4.78 is 5.23. The summed E-state index contributed by atoms with van der Waals surface area (Å²) in [5.74, 6) is 0.387. The van der Waals surface area contributed by atoms with Crippen LogP contribution in [0.1, 0.15) is 28.5 Å². The Kier molecular flexibility index (Phi) is 4.45. The van der Waals surface area contributed by atoms with Crippen molar-refractivity contribution >= 4 is 17.5 Å². The van der Waals surface area contributed by atoms with E-state index in [2.05, 4.69) is 9.97 Å². The standard InChI is InChI=1S/C16H16ClN3O3/c1-23-12-4-2-3-10(5-12)14-6-11(21)8-20(14)16(22)15-13(17)7-18-9-19-15/h2-5,7,9,11,14,21H,6,8H2,1H3. The van der Waals surface area contributed by atoms with Gasteiger partial charge in [-0.1, -0.05) is 23.7 Å². The van der Waals surface area contributed by atoms with Crippen LogP contribution < -0.4 is 4.74 Å². The van der Waals surface area contributed by atoms with Crippen molar-refractivity contribution in [1.82, 2.24) is 14.9 Å². The third-order valence-corrected chi connectivity index (χ3v) is 4.17. The van der Waals surface area contributed by atoms with Crippen LogP contribution in [-0.2, 0) is 0 Å². The molecule has 0 bridgehead atoms. The number of aliphatic hydroxyl groups excluding tert-OH is 1. The predicted octanol–water partition coefficient (Wildman–Crippen LogP) is 2.09. The maximum Gasteiger partial charge on any atom is 0.274 e. The molecule has 1 aromatic heterocycles. The number of nitrogens with zero attached hydrogens (tertiary/aromatic N) is 3. The molecule has 2 heterocycles. The molecule has 1 saturated heterocycles. The molecule has 0 spiro atoms. The van der Waals surface area contributed by atoms with E-state index in [1.165, 1.54) is 12.5 Å². The normalized spacial score (nSPS) is 20.6. The molecule has 2 atom stereocenters. The topological polar surface area (TPSA) is 75.6 Å². The molecule has 1 aliphatic rings. The van der Waals surface area contributed by atoms with E-state index >= 15 is 0 Å². The summed E-state index contributed by atoms with van der Waals surface area (Å²) >= 11 is 6.02. The number of β-amino-alcohol motifs (C(OH)–C–C–N with tert-alkyl or cyclic N) is 1. The number of methoxy groups -OCH3 is 1. The molecule has 7 heteroatoms. The molecule has 3 rings (SSSR count). The maximum absolute atomic E-state index is 12.8. The first kappa shape index (κ1) is 15.7. The van der Waals surface area contributed by atoms with Crippen molar-refractivity contribution in [2.75, 3.05) is 13.7 Å². The Bertz CT molecular complexity index is 725. The van der Waals surface area contributed by atoms with Gasteiger partial charge in [0.2, 0.25) is 0 Å². The van der Waals surface area contributed by atoms with Crippen LogP contribution in [0.15, 0.2) is 36.8 Å². The Balaban J connectivity index is 1.93. The molecular weight excluding hydrogens is 318 g/mol. The second-order valence-corrected chi connectivity index (χ2v) is 5.77. The van der Waals surface area contributed by atoms with Crippen LogP contribution in [0.25, 0.3) is 0 Å². The smallest absolute Gasteiger partial charge is 0.274 e. The van der Waals surface area contributed by atoms with E-state index in [4.69, 9.17) is 16.3 Å². The number of aliphatic hydroxyl groups is 1. The summed E-state index contributed by atoms with van der Waals surface area (Å²) in [6, 6.07) is 7.22. The van der Waals surface area contributed by atoms with Gasteiger partial charge in [0.05, 0.1) is 24.3 Å². The lowest BCUT2D eigenvalue weighted by molar-refractivity contribution is 0.0709. The first-order valence-electron chi connectivity index (χ1n) is 7.18. The zero-order valence-corrected chi connectivity index (χ0v) is 13.3. The Morgan fingerprint density at radius 2 is 2.30 bits per heavy atom. The number of amides is 1. The van der Waals surface area contributed by atoms with Crippen LogP contribution in [0.2, 0.25) is 5.02 Å². The van der Waals surface area contributed by atoms with Crippen molar-refractivity contribution < 1.29 is 14.6 Å². The summed E-state index contributed by atoms with van der Waals surface area (Å²) in [5.41, 5.74) is 1.04. The molecule has 1 fully saturated rings. The number of aromatic nitrogens is 2. The lowest BCUT2D eigenvalue weighted by Gasteiger charge is -2.25. The average Bonchev–Trinajstić information content (AvgIpc) is 2.96. The van der Waals surface area contributed by atoms with Crippen molar-refractivity contribution in [1.29, 1.82) is 0 Å². The molecular formula is C16H16ClN3O3. The first-order chi connectivity index (χ1) is 11.1. The number of likely N-dealkylation sites (tertiary alicyclic amines) is 1. The lowest BCUT2D eigenvalue weighted by Crippen LogP contribution is -2.32. The number of hydrogen-bond donors (Lipinski definition) is 1. The Morgan fingerprint density at radius 1 is 1.48 bits per heavy atom. The van der Waals surface area contributed by atoms with Gasteiger partial charge in [-0.15, -0.1) is 0 Å². The van der Waals surface area contributed by atoms with Gasteiger partial charge in [0, 0.05) is 12.7 Å². The number of carbonyl (C=O) groups excluding carboxylic acids is 1. The highest BCUT2D eigenvalue weighted by atomic mass is 35.5. The minimum Gasteiger partial charge on any atom is -0.497 e. The van der Waals surface area contributed by atoms with E-state index in [1.54, 1.807) is 12.0 Å². The summed E-state index contributed by atoms with van der Waals surface area (Å²) in [6.45, 7) is 0.237. The maximum atomic E-state index is 12.8. The third-order valence-electron chi connectivity index (χ3n) is 3.89. The molecule has 6 nitrogen and oxygen atoms in total. The van der Waals surface area contributed by atoms with E-state index in [-0.39, 0.29) is 29.2 Å². The van der Waals surface area contributed by atoms with Gasteiger partial charge in [-0.05, 0) is 24.1 Å². The van der Waals surface area contributed by atoms with Gasteiger partial charge in [0.1, 0.15) is 17.8 Å². The Labute approximate surface area is 138 Å². The SMILES string of the molecule is COc1cccc(C2CC(O)CN2C(=O)c2ncncc2Cl)c1. The van der Waals surface area contributed by atoms with Crippen molar-refractivity contribution in [2.45, 2.75) is 18.6 Å². The quantitative estimate of drug-likeness (QED) is 0.930. The lowest BCUT2D eigenvalue weighted by atomic mass is 10.0. The van der Waals surface area contributed by atoms with Gasteiger partial charge < -0.3 is 14.7 Å². The van der Waals surface area contributed by atoms with Gasteiger partial charge in [0.15, 0.2) is 0 Å². The van der Waals surface area contributed by atoms with Gasteiger partial charge in [-0.25, -0.2) is 9.97 Å². The average molecular weight is 334 g/mol. The Morgan fingerprint density at radius 3 is 3.04 bits per heavy atom. The van der Waals surface area contributed by atoms with Gasteiger partial charge in [-0.3, -0.25) is 4.79 Å². The van der Waals surface area contributed by atoms with Crippen LogP contribution in [0.3, 0.4) is 0 Å². The van der Waals surface area contributed by atoms with E-state index in [1.807, 2.05) is 24.3 Å². The zero-order valence-electron chi connectivity index (χ0n) is 12.5. The highest BCUT2D eigenvalue weighted by molar-refractivity contribution is 6.33. The number of benzene rings is 1. The highest BCUT2D eigenvalue weighted by Crippen LogP contribution is 2.35. The van der Waals surface area contributed by atoms with Crippen LogP contribution >= 0.6 is 11.6 Å². The molecule has 23 heavy (non-hydrogen) atoms. The number of rotatable bonds is 3. The van der Waals surface area contributed by atoms with Crippen LogP contribution in [0, 0.1) is 0 Å². The summed E-state index contributed by atoms with van der Waals surface area (Å²) in [5, 5.41) is 10.2. The van der Waals surface area contributed by atoms with Crippen molar-refractivity contribution in [2.24, 2.45) is 0 Å². The molecule has 120 valence electrons. The molecule has 0 radical (unpaired) electrons. The number of hydrogen-bond acceptors (Lipinski definition) is 5. The fourth-order valence-electron chi connectivity index (χ4n) is 2.81. The number of ether oxygens (including phenoxy) is 1. The molecule has 1 amide bonds. The second-order valence-electron chi connectivity index (χ2n) is 5.36. The third kappa shape index (κ3) is 3.13. The van der Waals surface area contributed by atoms with Crippen molar-refractivity contribution in [3.8, 4) is 5.75 Å². The first-order valence-corrected chi connectivity index (χ1v) is 7.56. The van der Waals surface area contributed by atoms with Gasteiger partial charge >= 0.3 is 0 Å². The molecule has 2 unspecified atom stereocenters. The number of halogens is 1. The van der Waals surface area contributed by atoms with Gasteiger partial charge in [0.25, 0.3) is 5.91 Å². The zero-order chi connectivity index (χ0) is 16.4. The predicted molar refractivity (Wildman–Crippen MR) is 84.4 cm³/mol. The van der Waals surface area contributed by atoms with Crippen molar-refractivity contribution in [3.05, 3.63) is 53.1 Å². The van der Waals surface area contributed by atoms with Crippen LogP contribution in [-0.4, -0.2) is 45.6 Å². The largest absolute Gasteiger partial charge is 0.497 e. The van der Waals surface area contributed by atoms with E-state index in [9.17, 15) is 9.90 Å². The fourth-order valence-corrected chi connectivity index (χ4v) is 3.00. The highest BCUT2D eigenvalue weighted by Gasteiger charge is 2.37. The fraction of sp³-hybridized carbons (Fsp3) is 0.312. The molecule has 1 N–H and O–H groups in total. The molecule has 1 aliphatic heterocycles. The molecule has 1 aromatic carbocycles. The van der Waals surface area contributed by atoms with E-state index in [0.717, 1.165) is 5.56 Å². The Hall–Kier alpha value is -2.18. The minimum absolute atomic E-state index is 0.142. The minimum atomic E-state index is -0.587. The van der Waals surface area contributed by atoms with Crippen molar-refractivity contribution in [3.63, 3.8) is 0 Å². The van der Waals surface area contributed by atoms with E-state index < -0.39 is 6.10 Å². The monoisotopic (exact) mass is 333 g/mol. The summed E-state index contributed by atoms with van der Waals surface area (Å²) in [6.07, 6.45) is 2.54. The van der Waals surface area contributed by atoms with Gasteiger partial charge in [-0.2, -0.15) is 0 Å². The number of carbonyl (C=O) groups is 1. The van der Waals surface area contributed by atoms with Crippen LogP contribution in [0.5, 0.6) is 5.75 Å².